The minimum absolute atomic E-state index is 0.0311. The third kappa shape index (κ3) is 2.95. The number of nitro groups is 1. The molecule has 8 nitrogen and oxygen atoms in total. The number of aromatic nitrogens is 1. The first kappa shape index (κ1) is 14.4. The van der Waals surface area contributed by atoms with Crippen LogP contribution in [0.2, 0.25) is 0 Å². The standard InChI is InChI=1S/C11H12N4O4/c1-3-9(11(16)17)14(2)10-7(5-12)4-8(6-13-10)15(18)19/h4,6,9H,3H2,1-2H3,(H,16,17). The van der Waals surface area contributed by atoms with Crippen molar-refractivity contribution in [3.63, 3.8) is 0 Å². The van der Waals surface area contributed by atoms with Crippen molar-refractivity contribution in [1.82, 2.24) is 4.98 Å². The van der Waals surface area contributed by atoms with Gasteiger partial charge in [-0.15, -0.1) is 0 Å². The normalized spacial score (nSPS) is 11.4. The summed E-state index contributed by atoms with van der Waals surface area (Å²) >= 11 is 0. The molecule has 100 valence electrons. The van der Waals surface area contributed by atoms with Crippen LogP contribution in [0.4, 0.5) is 11.5 Å². The minimum Gasteiger partial charge on any atom is -0.480 e. The fourth-order valence-electron chi connectivity index (χ4n) is 1.67. The topological polar surface area (TPSA) is 120 Å². The summed E-state index contributed by atoms with van der Waals surface area (Å²) in [6, 6.07) is 2.02. The van der Waals surface area contributed by atoms with E-state index in [0.717, 1.165) is 12.3 Å². The molecule has 0 aliphatic carbocycles. The van der Waals surface area contributed by atoms with Gasteiger partial charge in [0, 0.05) is 13.1 Å². The van der Waals surface area contributed by atoms with Crippen molar-refractivity contribution in [1.29, 1.82) is 5.26 Å². The maximum Gasteiger partial charge on any atom is 0.326 e. The van der Waals surface area contributed by atoms with Gasteiger partial charge in [0.15, 0.2) is 0 Å². The van der Waals surface area contributed by atoms with E-state index >= 15 is 0 Å². The van der Waals surface area contributed by atoms with E-state index < -0.39 is 16.9 Å². The maximum absolute atomic E-state index is 11.1. The smallest absolute Gasteiger partial charge is 0.326 e. The van der Waals surface area contributed by atoms with Crippen LogP contribution in [0, 0.1) is 21.4 Å². The summed E-state index contributed by atoms with van der Waals surface area (Å²) in [4.78, 5) is 26.1. The molecule has 0 amide bonds. The highest BCUT2D eigenvalue weighted by molar-refractivity contribution is 5.78. The molecule has 0 saturated carbocycles. The molecule has 0 fully saturated rings. The van der Waals surface area contributed by atoms with Crippen LogP contribution in [-0.2, 0) is 4.79 Å². The van der Waals surface area contributed by atoms with Gasteiger partial charge in [0.1, 0.15) is 29.7 Å². The number of carboxylic acids is 1. The first-order valence-corrected chi connectivity index (χ1v) is 5.42. The van der Waals surface area contributed by atoms with Crippen molar-refractivity contribution in [2.24, 2.45) is 0 Å². The van der Waals surface area contributed by atoms with Crippen molar-refractivity contribution in [3.8, 4) is 6.07 Å². The molecule has 19 heavy (non-hydrogen) atoms. The predicted octanol–water partition coefficient (Wildman–Crippen LogP) is 1.16. The number of pyridine rings is 1. The molecular weight excluding hydrogens is 252 g/mol. The number of anilines is 1. The molecule has 0 spiro atoms. The summed E-state index contributed by atoms with van der Waals surface area (Å²) in [5.74, 6) is -0.934. The van der Waals surface area contributed by atoms with Gasteiger partial charge in [-0.25, -0.2) is 9.78 Å². The first-order chi connectivity index (χ1) is 8.92. The fourth-order valence-corrected chi connectivity index (χ4v) is 1.67. The van der Waals surface area contributed by atoms with Crippen LogP contribution in [0.25, 0.3) is 0 Å². The molecule has 1 unspecified atom stereocenters. The lowest BCUT2D eigenvalue weighted by Gasteiger charge is -2.25. The van der Waals surface area contributed by atoms with Gasteiger partial charge in [0.05, 0.1) is 4.92 Å². The van der Waals surface area contributed by atoms with E-state index in [1.54, 1.807) is 13.0 Å². The van der Waals surface area contributed by atoms with E-state index in [9.17, 15) is 14.9 Å². The number of nitrogens with zero attached hydrogens (tertiary/aromatic N) is 4. The van der Waals surface area contributed by atoms with E-state index in [0.29, 0.717) is 6.42 Å². The molecule has 1 atom stereocenters. The Morgan fingerprint density at radius 2 is 2.37 bits per heavy atom. The quantitative estimate of drug-likeness (QED) is 0.625. The van der Waals surface area contributed by atoms with Crippen molar-refractivity contribution in [3.05, 3.63) is 27.9 Å². The average Bonchev–Trinajstić information content (AvgIpc) is 2.37. The van der Waals surface area contributed by atoms with Crippen molar-refractivity contribution in [2.75, 3.05) is 11.9 Å². The van der Waals surface area contributed by atoms with Crippen LogP contribution >= 0.6 is 0 Å². The van der Waals surface area contributed by atoms with Crippen LogP contribution in [0.1, 0.15) is 18.9 Å². The Balaban J connectivity index is 3.24. The van der Waals surface area contributed by atoms with Gasteiger partial charge in [-0.2, -0.15) is 5.26 Å². The zero-order valence-electron chi connectivity index (χ0n) is 10.4. The number of hydrogen-bond donors (Lipinski definition) is 1. The number of nitriles is 1. The predicted molar refractivity (Wildman–Crippen MR) is 65.7 cm³/mol. The molecule has 1 N–H and O–H groups in total. The number of likely N-dealkylation sites (N-methyl/N-ethyl adjacent to an activating group) is 1. The molecule has 0 aliphatic heterocycles. The van der Waals surface area contributed by atoms with Crippen LogP contribution in [0.3, 0.4) is 0 Å². The molecule has 1 heterocycles. The van der Waals surface area contributed by atoms with Gasteiger partial charge < -0.3 is 10.0 Å². The van der Waals surface area contributed by atoms with Crippen molar-refractivity contribution in [2.45, 2.75) is 19.4 Å². The molecule has 0 saturated heterocycles. The molecule has 1 aromatic rings. The molecule has 1 aromatic heterocycles. The average molecular weight is 264 g/mol. The van der Waals surface area contributed by atoms with Crippen LogP contribution in [0.15, 0.2) is 12.3 Å². The van der Waals surface area contributed by atoms with Crippen LogP contribution in [-0.4, -0.2) is 34.1 Å². The Hall–Kier alpha value is -2.69. The molecule has 0 aliphatic rings. The van der Waals surface area contributed by atoms with Gasteiger partial charge in [-0.3, -0.25) is 10.1 Å². The number of carboxylic acid groups (broad SMARTS) is 1. The third-order valence-electron chi connectivity index (χ3n) is 2.66. The number of hydrogen-bond acceptors (Lipinski definition) is 6. The van der Waals surface area contributed by atoms with Gasteiger partial charge >= 0.3 is 5.97 Å². The van der Waals surface area contributed by atoms with Gasteiger partial charge in [-0.1, -0.05) is 6.92 Å². The summed E-state index contributed by atoms with van der Waals surface area (Å²) in [6.07, 6.45) is 1.32. The highest BCUT2D eigenvalue weighted by atomic mass is 16.6. The van der Waals surface area contributed by atoms with Crippen LogP contribution < -0.4 is 4.90 Å². The van der Waals surface area contributed by atoms with Gasteiger partial charge in [0.2, 0.25) is 0 Å². The summed E-state index contributed by atoms with van der Waals surface area (Å²) in [7, 11) is 1.48. The highest BCUT2D eigenvalue weighted by Crippen LogP contribution is 2.23. The van der Waals surface area contributed by atoms with E-state index in [4.69, 9.17) is 10.4 Å². The third-order valence-corrected chi connectivity index (χ3v) is 2.66. The van der Waals surface area contributed by atoms with Crippen LogP contribution in [0.5, 0.6) is 0 Å². The van der Waals surface area contributed by atoms with E-state index in [2.05, 4.69) is 4.98 Å². The lowest BCUT2D eigenvalue weighted by molar-refractivity contribution is -0.385. The zero-order valence-corrected chi connectivity index (χ0v) is 10.4. The first-order valence-electron chi connectivity index (χ1n) is 5.42. The maximum atomic E-state index is 11.1. The summed E-state index contributed by atoms with van der Waals surface area (Å²) < 4.78 is 0. The molecule has 0 radical (unpaired) electrons. The lowest BCUT2D eigenvalue weighted by Crippen LogP contribution is -2.38. The Morgan fingerprint density at radius 3 is 2.79 bits per heavy atom. The molecule has 1 rings (SSSR count). The fraction of sp³-hybridized carbons (Fsp3) is 0.364. The van der Waals surface area contributed by atoms with Crippen molar-refractivity contribution < 1.29 is 14.8 Å². The Bertz CT molecular complexity index is 552. The Kier molecular flexibility index (Phi) is 4.36. The van der Waals surface area contributed by atoms with Gasteiger partial charge in [-0.05, 0) is 6.42 Å². The second kappa shape index (κ2) is 5.77. The number of rotatable bonds is 5. The minimum atomic E-state index is -1.05. The van der Waals surface area contributed by atoms with E-state index in [-0.39, 0.29) is 17.1 Å². The highest BCUT2D eigenvalue weighted by Gasteiger charge is 2.24. The second-order valence-electron chi connectivity index (χ2n) is 3.81. The number of aliphatic carboxylic acids is 1. The Labute approximate surface area is 109 Å². The monoisotopic (exact) mass is 264 g/mol. The lowest BCUT2D eigenvalue weighted by atomic mass is 10.1. The summed E-state index contributed by atoms with van der Waals surface area (Å²) in [5, 5.41) is 28.6. The summed E-state index contributed by atoms with van der Waals surface area (Å²) in [5.41, 5.74) is -0.339. The van der Waals surface area contributed by atoms with Crippen molar-refractivity contribution >= 4 is 17.5 Å². The zero-order chi connectivity index (χ0) is 14.6. The molecule has 8 heteroatoms. The SMILES string of the molecule is CCC(C(=O)O)N(C)c1ncc([N+](=O)[O-])cc1C#N. The van der Waals surface area contributed by atoms with E-state index in [1.807, 2.05) is 0 Å². The molecule has 0 aromatic carbocycles. The molecule has 0 bridgehead atoms. The van der Waals surface area contributed by atoms with Gasteiger partial charge in [0.25, 0.3) is 5.69 Å². The number of carbonyl (C=O) groups is 1. The largest absolute Gasteiger partial charge is 0.480 e. The Morgan fingerprint density at radius 1 is 1.74 bits per heavy atom. The summed E-state index contributed by atoms with van der Waals surface area (Å²) in [6.45, 7) is 1.69. The van der Waals surface area contributed by atoms with E-state index in [1.165, 1.54) is 11.9 Å². The molecular formula is C11H12N4O4. The second-order valence-corrected chi connectivity index (χ2v) is 3.81.